The van der Waals surface area contributed by atoms with E-state index in [1.807, 2.05) is 0 Å². The number of halogens is 6. The van der Waals surface area contributed by atoms with Gasteiger partial charge < -0.3 is 10.2 Å². The van der Waals surface area contributed by atoms with Crippen LogP contribution in [0.3, 0.4) is 0 Å². The standard InChI is InChI=1S/C44H42F6N2O2/c1-27(2)39(41(53,43(45,46)47)25-30-21-23-51-36-19-10-8-15-32(30)36)35-18-12-17-34(29-13-6-5-7-14-29)38(35)40(28(3)4)42(54,44(48,49)50)26-31-22-24-52-37-20-11-9-16-33(31)37/h5-24,27-28,39-40,53-54H,25-26H2,1-4H3. The molecule has 4 nitrogen and oxygen atoms in total. The molecule has 0 radical (unpaired) electrons. The average molecular weight is 745 g/mol. The first-order valence-corrected chi connectivity index (χ1v) is 17.9. The van der Waals surface area contributed by atoms with Crippen molar-refractivity contribution in [3.05, 3.63) is 144 Å². The van der Waals surface area contributed by atoms with Crippen molar-refractivity contribution in [2.24, 2.45) is 11.8 Å². The molecular weight excluding hydrogens is 702 g/mol. The van der Waals surface area contributed by atoms with E-state index in [1.165, 1.54) is 64.4 Å². The lowest BCUT2D eigenvalue weighted by Gasteiger charge is -2.46. The maximum absolute atomic E-state index is 15.9. The van der Waals surface area contributed by atoms with Gasteiger partial charge >= 0.3 is 12.4 Å². The van der Waals surface area contributed by atoms with E-state index in [2.05, 4.69) is 9.97 Å². The number of nitrogens with zero attached hydrogens (tertiary/aromatic N) is 2. The minimum atomic E-state index is -5.25. The van der Waals surface area contributed by atoms with E-state index >= 15 is 26.3 Å². The van der Waals surface area contributed by atoms with Crippen LogP contribution in [0.25, 0.3) is 32.9 Å². The van der Waals surface area contributed by atoms with Crippen molar-refractivity contribution >= 4 is 21.8 Å². The molecule has 2 aromatic heterocycles. The Hall–Kier alpha value is -4.80. The van der Waals surface area contributed by atoms with E-state index in [-0.39, 0.29) is 27.8 Å². The molecule has 0 spiro atoms. The second-order valence-corrected chi connectivity index (χ2v) is 14.8. The molecular formula is C44H42F6N2O2. The Morgan fingerprint density at radius 1 is 0.519 bits per heavy atom. The fraction of sp³-hybridized carbons (Fsp3) is 0.318. The predicted molar refractivity (Wildman–Crippen MR) is 200 cm³/mol. The van der Waals surface area contributed by atoms with Gasteiger partial charge in [0, 0.05) is 47.8 Å². The number of aliphatic hydroxyl groups is 2. The summed E-state index contributed by atoms with van der Waals surface area (Å²) in [7, 11) is 0. The van der Waals surface area contributed by atoms with Crippen LogP contribution in [-0.2, 0) is 12.8 Å². The average Bonchev–Trinajstić information content (AvgIpc) is 3.12. The fourth-order valence-electron chi connectivity index (χ4n) is 8.33. The zero-order valence-corrected chi connectivity index (χ0v) is 30.3. The summed E-state index contributed by atoms with van der Waals surface area (Å²) in [4.78, 5) is 8.56. The third kappa shape index (κ3) is 7.09. The molecule has 2 heterocycles. The van der Waals surface area contributed by atoms with E-state index in [4.69, 9.17) is 0 Å². The van der Waals surface area contributed by atoms with E-state index in [1.54, 1.807) is 84.9 Å². The largest absolute Gasteiger partial charge is 0.418 e. The molecule has 2 N–H and O–H groups in total. The zero-order valence-electron chi connectivity index (χ0n) is 30.3. The number of fused-ring (bicyclic) bond motifs is 2. The summed E-state index contributed by atoms with van der Waals surface area (Å²) < 4.78 is 94.9. The molecule has 0 aliphatic carbocycles. The van der Waals surface area contributed by atoms with Crippen molar-refractivity contribution in [3.8, 4) is 11.1 Å². The summed E-state index contributed by atoms with van der Waals surface area (Å²) in [5, 5.41) is 25.6. The van der Waals surface area contributed by atoms with Gasteiger partial charge in [-0.3, -0.25) is 9.97 Å². The molecule has 0 fully saturated rings. The van der Waals surface area contributed by atoms with Crippen LogP contribution in [0.5, 0.6) is 0 Å². The summed E-state index contributed by atoms with van der Waals surface area (Å²) in [5.41, 5.74) is -5.24. The van der Waals surface area contributed by atoms with Crippen LogP contribution >= 0.6 is 0 Å². The zero-order chi connectivity index (χ0) is 39.1. The first-order chi connectivity index (χ1) is 25.5. The number of aromatic nitrogens is 2. The highest BCUT2D eigenvalue weighted by molar-refractivity contribution is 5.83. The number of rotatable bonds is 11. The molecule has 282 valence electrons. The van der Waals surface area contributed by atoms with Crippen LogP contribution in [0.15, 0.2) is 122 Å². The Balaban J connectivity index is 1.66. The minimum Gasteiger partial charge on any atom is -0.380 e. The van der Waals surface area contributed by atoms with Gasteiger partial charge in [-0.25, -0.2) is 0 Å². The SMILES string of the molecule is CC(C)C(c1cccc(-c2ccccc2)c1C(C(C)C)C(O)(Cc1ccnc2ccccc12)C(F)(F)F)C(O)(Cc1ccnc2ccccc12)C(F)(F)F. The minimum absolute atomic E-state index is 0.0992. The molecule has 10 heteroatoms. The summed E-state index contributed by atoms with van der Waals surface area (Å²) in [6.45, 7) is 6.10. The highest BCUT2D eigenvalue weighted by Gasteiger charge is 2.63. The van der Waals surface area contributed by atoms with Crippen molar-refractivity contribution in [2.45, 2.75) is 75.9 Å². The predicted octanol–water partition coefficient (Wildman–Crippen LogP) is 11.0. The molecule has 4 atom stereocenters. The number of benzene rings is 4. The summed E-state index contributed by atoms with van der Waals surface area (Å²) in [6.07, 6.45) is -9.53. The summed E-state index contributed by atoms with van der Waals surface area (Å²) in [6, 6.07) is 29.1. The van der Waals surface area contributed by atoms with Crippen LogP contribution in [0, 0.1) is 11.8 Å². The van der Waals surface area contributed by atoms with Crippen molar-refractivity contribution in [3.63, 3.8) is 0 Å². The Morgan fingerprint density at radius 2 is 0.963 bits per heavy atom. The Bertz CT molecular complexity index is 2230. The lowest BCUT2D eigenvalue weighted by atomic mass is 9.63. The van der Waals surface area contributed by atoms with E-state index in [9.17, 15) is 10.2 Å². The smallest absolute Gasteiger partial charge is 0.380 e. The number of hydrogen-bond acceptors (Lipinski definition) is 4. The molecule has 0 aliphatic heterocycles. The lowest BCUT2D eigenvalue weighted by Crippen LogP contribution is -2.55. The second-order valence-electron chi connectivity index (χ2n) is 14.8. The molecule has 0 bridgehead atoms. The molecule has 0 saturated carbocycles. The van der Waals surface area contributed by atoms with Gasteiger partial charge in [0.15, 0.2) is 11.2 Å². The Labute approximate surface area is 310 Å². The second kappa shape index (κ2) is 14.8. The first kappa shape index (κ1) is 38.9. The molecule has 6 rings (SSSR count). The van der Waals surface area contributed by atoms with Gasteiger partial charge in [0.2, 0.25) is 0 Å². The van der Waals surface area contributed by atoms with Gasteiger partial charge in [-0.2, -0.15) is 26.3 Å². The summed E-state index contributed by atoms with van der Waals surface area (Å²) >= 11 is 0. The molecule has 54 heavy (non-hydrogen) atoms. The third-order valence-corrected chi connectivity index (χ3v) is 10.6. The van der Waals surface area contributed by atoms with Gasteiger partial charge in [0.25, 0.3) is 0 Å². The monoisotopic (exact) mass is 744 g/mol. The van der Waals surface area contributed by atoms with Gasteiger partial charge in [0.1, 0.15) is 0 Å². The number of alkyl halides is 6. The Morgan fingerprint density at radius 3 is 1.43 bits per heavy atom. The van der Waals surface area contributed by atoms with Gasteiger partial charge in [-0.15, -0.1) is 0 Å². The van der Waals surface area contributed by atoms with E-state index < -0.39 is 60.1 Å². The quantitative estimate of drug-likeness (QED) is 0.130. The molecule has 4 aromatic carbocycles. The highest BCUT2D eigenvalue weighted by Crippen LogP contribution is 2.55. The third-order valence-electron chi connectivity index (χ3n) is 10.6. The molecule has 0 amide bonds. The number of para-hydroxylation sites is 2. The van der Waals surface area contributed by atoms with Crippen LogP contribution in [-0.4, -0.2) is 43.7 Å². The van der Waals surface area contributed by atoms with Crippen LogP contribution in [0.4, 0.5) is 26.3 Å². The summed E-state index contributed by atoms with van der Waals surface area (Å²) in [5.74, 6) is -5.46. The van der Waals surface area contributed by atoms with Crippen molar-refractivity contribution in [1.82, 2.24) is 9.97 Å². The van der Waals surface area contributed by atoms with Crippen LogP contribution in [0.2, 0.25) is 0 Å². The number of pyridine rings is 2. The maximum atomic E-state index is 15.9. The fourth-order valence-corrected chi connectivity index (χ4v) is 8.33. The molecule has 0 aliphatic rings. The lowest BCUT2D eigenvalue weighted by molar-refractivity contribution is -0.275. The first-order valence-electron chi connectivity index (χ1n) is 17.9. The number of hydrogen-bond donors (Lipinski definition) is 2. The van der Waals surface area contributed by atoms with Gasteiger partial charge in [-0.05, 0) is 69.5 Å². The van der Waals surface area contributed by atoms with Crippen LogP contribution in [0.1, 0.15) is 61.8 Å². The van der Waals surface area contributed by atoms with Gasteiger partial charge in [-0.1, -0.05) is 113 Å². The van der Waals surface area contributed by atoms with Gasteiger partial charge in [0.05, 0.1) is 11.0 Å². The molecule has 4 unspecified atom stereocenters. The molecule has 6 aromatic rings. The molecule has 0 saturated heterocycles. The normalized spacial score (nSPS) is 16.0. The van der Waals surface area contributed by atoms with E-state index in [0.717, 1.165) is 0 Å². The van der Waals surface area contributed by atoms with Crippen molar-refractivity contribution in [2.75, 3.05) is 0 Å². The van der Waals surface area contributed by atoms with Crippen molar-refractivity contribution < 1.29 is 36.6 Å². The Kier molecular flexibility index (Phi) is 10.7. The maximum Gasteiger partial charge on any atom is 0.418 e. The van der Waals surface area contributed by atoms with Crippen LogP contribution < -0.4 is 0 Å². The topological polar surface area (TPSA) is 66.2 Å². The highest BCUT2D eigenvalue weighted by atomic mass is 19.4. The van der Waals surface area contributed by atoms with E-state index in [0.29, 0.717) is 27.4 Å². The van der Waals surface area contributed by atoms with Crippen molar-refractivity contribution in [1.29, 1.82) is 0 Å².